The molecular weight excluding hydrogens is 252 g/mol. The number of aliphatic hydroxyl groups is 1. The second-order valence-corrected chi connectivity index (χ2v) is 4.71. The fraction of sp³-hybridized carbons (Fsp3) is 0.462. The highest BCUT2D eigenvalue weighted by molar-refractivity contribution is 6.31. The number of furan rings is 1. The summed E-state index contributed by atoms with van der Waals surface area (Å²) in [6.07, 6.45) is -0.293. The Kier molecular flexibility index (Phi) is 3.78. The zero-order valence-corrected chi connectivity index (χ0v) is 11.5. The maximum atomic E-state index is 10.1. The van der Waals surface area contributed by atoms with Crippen LogP contribution in [0.1, 0.15) is 35.9 Å². The van der Waals surface area contributed by atoms with Crippen LogP contribution in [-0.4, -0.2) is 14.9 Å². The Bertz CT molecular complexity index is 545. The van der Waals surface area contributed by atoms with Crippen LogP contribution in [0.4, 0.5) is 0 Å². The molecule has 0 bridgehead atoms. The molecule has 0 saturated heterocycles. The quantitative estimate of drug-likeness (QED) is 0.927. The molecular formula is C13H17ClN2O2. The molecule has 98 valence electrons. The van der Waals surface area contributed by atoms with Crippen LogP contribution in [0.2, 0.25) is 5.02 Å². The molecule has 0 aromatic carbocycles. The van der Waals surface area contributed by atoms with Gasteiger partial charge in [0.25, 0.3) is 0 Å². The van der Waals surface area contributed by atoms with Gasteiger partial charge in [-0.2, -0.15) is 5.10 Å². The van der Waals surface area contributed by atoms with Gasteiger partial charge < -0.3 is 9.52 Å². The Morgan fingerprint density at radius 2 is 2.17 bits per heavy atom. The minimum atomic E-state index is -0.697. The van der Waals surface area contributed by atoms with E-state index in [1.807, 2.05) is 31.5 Å². The number of halogens is 1. The molecule has 0 aliphatic carbocycles. The molecule has 0 amide bonds. The van der Waals surface area contributed by atoms with Crippen molar-refractivity contribution in [1.82, 2.24) is 9.78 Å². The molecule has 1 N–H and O–H groups in total. The number of rotatable bonds is 4. The number of hydrogen-bond acceptors (Lipinski definition) is 3. The molecule has 2 aromatic heterocycles. The monoisotopic (exact) mass is 268 g/mol. The summed E-state index contributed by atoms with van der Waals surface area (Å²) >= 11 is 6.20. The van der Waals surface area contributed by atoms with Crippen molar-refractivity contribution in [3.05, 3.63) is 40.1 Å². The Hall–Kier alpha value is -1.26. The lowest BCUT2D eigenvalue weighted by Crippen LogP contribution is -2.08. The van der Waals surface area contributed by atoms with E-state index < -0.39 is 6.10 Å². The molecule has 18 heavy (non-hydrogen) atoms. The van der Waals surface area contributed by atoms with E-state index in [4.69, 9.17) is 16.0 Å². The SMILES string of the molecule is CCn1nc(C)c(Cl)c1CC(O)c1ccc(C)o1. The highest BCUT2D eigenvalue weighted by Gasteiger charge is 2.19. The predicted octanol–water partition coefficient (Wildman–Crippen LogP) is 3.04. The zero-order chi connectivity index (χ0) is 13.3. The molecule has 1 unspecified atom stereocenters. The van der Waals surface area contributed by atoms with Crippen LogP contribution >= 0.6 is 11.6 Å². The molecule has 1 atom stereocenters. The van der Waals surface area contributed by atoms with Gasteiger partial charge in [-0.15, -0.1) is 0 Å². The van der Waals surface area contributed by atoms with E-state index in [2.05, 4.69) is 5.10 Å². The number of aliphatic hydroxyl groups excluding tert-OH is 1. The molecule has 2 heterocycles. The molecule has 0 fully saturated rings. The standard InChI is InChI=1S/C13H17ClN2O2/c1-4-16-10(13(14)9(3)15-16)7-11(17)12-6-5-8(2)18-12/h5-6,11,17H,4,7H2,1-3H3. The van der Waals surface area contributed by atoms with Gasteiger partial charge in [-0.25, -0.2) is 0 Å². The van der Waals surface area contributed by atoms with Crippen molar-refractivity contribution >= 4 is 11.6 Å². The maximum absolute atomic E-state index is 10.1. The minimum Gasteiger partial charge on any atom is -0.464 e. The van der Waals surface area contributed by atoms with E-state index >= 15 is 0 Å². The number of aryl methyl sites for hydroxylation is 3. The van der Waals surface area contributed by atoms with Crippen LogP contribution in [-0.2, 0) is 13.0 Å². The Labute approximate surface area is 111 Å². The van der Waals surface area contributed by atoms with Crippen LogP contribution in [0.25, 0.3) is 0 Å². The number of nitrogens with zero attached hydrogens (tertiary/aromatic N) is 2. The van der Waals surface area contributed by atoms with E-state index in [0.717, 1.165) is 23.7 Å². The first-order chi connectivity index (χ1) is 8.52. The molecule has 0 radical (unpaired) electrons. The fourth-order valence-corrected chi connectivity index (χ4v) is 2.19. The highest BCUT2D eigenvalue weighted by Crippen LogP contribution is 2.26. The lowest BCUT2D eigenvalue weighted by atomic mass is 10.1. The lowest BCUT2D eigenvalue weighted by molar-refractivity contribution is 0.146. The van der Waals surface area contributed by atoms with E-state index in [-0.39, 0.29) is 0 Å². The smallest absolute Gasteiger partial charge is 0.133 e. The summed E-state index contributed by atoms with van der Waals surface area (Å²) in [7, 11) is 0. The van der Waals surface area contributed by atoms with Gasteiger partial charge in [-0.05, 0) is 32.9 Å². The average Bonchev–Trinajstić information content (AvgIpc) is 2.88. The van der Waals surface area contributed by atoms with Crippen molar-refractivity contribution in [3.63, 3.8) is 0 Å². The van der Waals surface area contributed by atoms with Gasteiger partial charge in [0.05, 0.1) is 16.4 Å². The summed E-state index contributed by atoms with van der Waals surface area (Å²) in [4.78, 5) is 0. The average molecular weight is 269 g/mol. The maximum Gasteiger partial charge on any atom is 0.133 e. The molecule has 5 heteroatoms. The van der Waals surface area contributed by atoms with Crippen molar-refractivity contribution in [2.24, 2.45) is 0 Å². The third-order valence-corrected chi connectivity index (χ3v) is 3.42. The van der Waals surface area contributed by atoms with Crippen LogP contribution in [0, 0.1) is 13.8 Å². The third kappa shape index (κ3) is 2.44. The fourth-order valence-electron chi connectivity index (χ4n) is 1.98. The Morgan fingerprint density at radius 1 is 1.44 bits per heavy atom. The Morgan fingerprint density at radius 3 is 2.72 bits per heavy atom. The van der Waals surface area contributed by atoms with Gasteiger partial charge in [-0.3, -0.25) is 4.68 Å². The van der Waals surface area contributed by atoms with Crippen LogP contribution < -0.4 is 0 Å². The third-order valence-electron chi connectivity index (χ3n) is 2.93. The first kappa shape index (κ1) is 13.2. The molecule has 0 aliphatic heterocycles. The Balaban J connectivity index is 2.23. The van der Waals surface area contributed by atoms with Crippen LogP contribution in [0.3, 0.4) is 0 Å². The van der Waals surface area contributed by atoms with Gasteiger partial charge in [0.15, 0.2) is 0 Å². The summed E-state index contributed by atoms with van der Waals surface area (Å²) in [6.45, 7) is 6.44. The first-order valence-electron chi connectivity index (χ1n) is 5.99. The van der Waals surface area contributed by atoms with E-state index in [1.54, 1.807) is 6.07 Å². The zero-order valence-electron chi connectivity index (χ0n) is 10.8. The normalized spacial score (nSPS) is 12.9. The summed E-state index contributed by atoms with van der Waals surface area (Å²) in [6, 6.07) is 3.62. The van der Waals surface area contributed by atoms with Crippen LogP contribution in [0.15, 0.2) is 16.5 Å². The van der Waals surface area contributed by atoms with Crippen molar-refractivity contribution in [2.75, 3.05) is 0 Å². The number of hydrogen-bond donors (Lipinski definition) is 1. The van der Waals surface area contributed by atoms with Crippen molar-refractivity contribution in [2.45, 2.75) is 39.8 Å². The molecule has 0 spiro atoms. The molecule has 2 rings (SSSR count). The van der Waals surface area contributed by atoms with Gasteiger partial charge in [0, 0.05) is 13.0 Å². The van der Waals surface area contributed by atoms with Crippen molar-refractivity contribution in [3.8, 4) is 0 Å². The van der Waals surface area contributed by atoms with Gasteiger partial charge in [0.1, 0.15) is 17.6 Å². The van der Waals surface area contributed by atoms with E-state index in [9.17, 15) is 5.11 Å². The summed E-state index contributed by atoms with van der Waals surface area (Å²) in [5.41, 5.74) is 1.63. The summed E-state index contributed by atoms with van der Waals surface area (Å²) in [5, 5.41) is 15.1. The first-order valence-corrected chi connectivity index (χ1v) is 6.37. The summed E-state index contributed by atoms with van der Waals surface area (Å²) < 4.78 is 7.23. The van der Waals surface area contributed by atoms with E-state index in [1.165, 1.54) is 0 Å². The second kappa shape index (κ2) is 5.16. The van der Waals surface area contributed by atoms with Gasteiger partial charge in [-0.1, -0.05) is 11.6 Å². The van der Waals surface area contributed by atoms with E-state index in [0.29, 0.717) is 17.2 Å². The van der Waals surface area contributed by atoms with Crippen LogP contribution in [0.5, 0.6) is 0 Å². The lowest BCUT2D eigenvalue weighted by Gasteiger charge is -2.10. The largest absolute Gasteiger partial charge is 0.464 e. The van der Waals surface area contributed by atoms with Crippen molar-refractivity contribution < 1.29 is 9.52 Å². The molecule has 2 aromatic rings. The van der Waals surface area contributed by atoms with Gasteiger partial charge in [0.2, 0.25) is 0 Å². The minimum absolute atomic E-state index is 0.403. The highest BCUT2D eigenvalue weighted by atomic mass is 35.5. The molecule has 4 nitrogen and oxygen atoms in total. The number of aromatic nitrogens is 2. The molecule has 0 saturated carbocycles. The van der Waals surface area contributed by atoms with Gasteiger partial charge >= 0.3 is 0 Å². The van der Waals surface area contributed by atoms with Crippen molar-refractivity contribution in [1.29, 1.82) is 0 Å². The topological polar surface area (TPSA) is 51.2 Å². The predicted molar refractivity (Wildman–Crippen MR) is 69.8 cm³/mol. The second-order valence-electron chi connectivity index (χ2n) is 4.33. The molecule has 0 aliphatic rings. The summed E-state index contributed by atoms with van der Waals surface area (Å²) in [5.74, 6) is 1.35.